The van der Waals surface area contributed by atoms with Crippen LogP contribution in [0.1, 0.15) is 19.3 Å². The van der Waals surface area contributed by atoms with Crippen molar-refractivity contribution < 1.29 is 9.53 Å². The predicted octanol–water partition coefficient (Wildman–Crippen LogP) is 2.59. The van der Waals surface area contributed by atoms with Crippen LogP contribution in [0.5, 0.6) is 5.88 Å². The van der Waals surface area contributed by atoms with E-state index in [1.54, 1.807) is 12.1 Å². The van der Waals surface area contributed by atoms with Crippen LogP contribution in [0, 0.1) is 5.92 Å². The lowest BCUT2D eigenvalue weighted by molar-refractivity contribution is -0.121. The van der Waals surface area contributed by atoms with E-state index in [4.69, 9.17) is 16.3 Å². The number of amides is 1. The van der Waals surface area contributed by atoms with Crippen molar-refractivity contribution >= 4 is 17.5 Å². The van der Waals surface area contributed by atoms with Gasteiger partial charge in [-0.05, 0) is 24.8 Å². The average molecular weight is 281 g/mol. The SMILES string of the molecule is O=C(C[C@@H]1C=CCC1)NCCOc1ccc(Cl)cn1. The summed E-state index contributed by atoms with van der Waals surface area (Å²) in [5, 5.41) is 3.41. The van der Waals surface area contributed by atoms with E-state index in [-0.39, 0.29) is 5.91 Å². The van der Waals surface area contributed by atoms with Gasteiger partial charge in [0.05, 0.1) is 11.6 Å². The fourth-order valence-corrected chi connectivity index (χ4v) is 2.08. The van der Waals surface area contributed by atoms with Gasteiger partial charge in [0.25, 0.3) is 0 Å². The number of rotatable bonds is 6. The lowest BCUT2D eigenvalue weighted by Gasteiger charge is -2.09. The van der Waals surface area contributed by atoms with Gasteiger partial charge in [-0.2, -0.15) is 0 Å². The molecular formula is C14H17ClN2O2. The van der Waals surface area contributed by atoms with Crippen molar-refractivity contribution in [2.45, 2.75) is 19.3 Å². The fraction of sp³-hybridized carbons (Fsp3) is 0.429. The van der Waals surface area contributed by atoms with E-state index in [1.165, 1.54) is 6.20 Å². The summed E-state index contributed by atoms with van der Waals surface area (Å²) in [6.45, 7) is 0.889. The predicted molar refractivity (Wildman–Crippen MR) is 74.2 cm³/mol. The highest BCUT2D eigenvalue weighted by Gasteiger charge is 2.13. The Balaban J connectivity index is 1.59. The summed E-state index contributed by atoms with van der Waals surface area (Å²) in [6, 6.07) is 3.42. The monoisotopic (exact) mass is 280 g/mol. The standard InChI is InChI=1S/C14H17ClN2O2/c15-12-5-6-14(17-10-12)19-8-7-16-13(18)9-11-3-1-2-4-11/h1,3,5-6,10-11H,2,4,7-9H2,(H,16,18)/t11-/m1/s1. The average Bonchev–Trinajstić information content (AvgIpc) is 2.89. The zero-order valence-corrected chi connectivity index (χ0v) is 11.4. The third-order valence-electron chi connectivity index (χ3n) is 2.93. The van der Waals surface area contributed by atoms with E-state index in [9.17, 15) is 4.79 Å². The summed E-state index contributed by atoms with van der Waals surface area (Å²) in [7, 11) is 0. The number of nitrogens with zero attached hydrogens (tertiary/aromatic N) is 1. The van der Waals surface area contributed by atoms with Crippen LogP contribution in [0.25, 0.3) is 0 Å². The van der Waals surface area contributed by atoms with Gasteiger partial charge < -0.3 is 10.1 Å². The molecule has 0 fully saturated rings. The van der Waals surface area contributed by atoms with Gasteiger partial charge >= 0.3 is 0 Å². The molecule has 0 saturated carbocycles. The molecule has 0 aliphatic heterocycles. The molecule has 0 radical (unpaired) electrons. The molecule has 5 heteroatoms. The van der Waals surface area contributed by atoms with Crippen LogP contribution in [0.15, 0.2) is 30.5 Å². The fourth-order valence-electron chi connectivity index (χ4n) is 1.97. The van der Waals surface area contributed by atoms with Crippen LogP contribution < -0.4 is 10.1 Å². The van der Waals surface area contributed by atoms with Crippen molar-refractivity contribution in [2.24, 2.45) is 5.92 Å². The van der Waals surface area contributed by atoms with Crippen molar-refractivity contribution in [1.29, 1.82) is 0 Å². The molecule has 1 aromatic rings. The highest BCUT2D eigenvalue weighted by molar-refractivity contribution is 6.30. The molecule has 0 unspecified atom stereocenters. The summed E-state index contributed by atoms with van der Waals surface area (Å²) in [6.07, 6.45) is 8.51. The van der Waals surface area contributed by atoms with E-state index >= 15 is 0 Å². The minimum atomic E-state index is 0.0733. The van der Waals surface area contributed by atoms with Crippen LogP contribution in [-0.4, -0.2) is 24.0 Å². The Hall–Kier alpha value is -1.55. The normalized spacial score (nSPS) is 17.4. The number of allylic oxidation sites excluding steroid dienone is 2. The summed E-state index contributed by atoms with van der Waals surface area (Å²) < 4.78 is 5.38. The number of aromatic nitrogens is 1. The molecule has 1 aliphatic rings. The van der Waals surface area contributed by atoms with Gasteiger partial charge in [0.15, 0.2) is 0 Å². The van der Waals surface area contributed by atoms with E-state index in [1.807, 2.05) is 0 Å². The number of carbonyl (C=O) groups excluding carboxylic acids is 1. The zero-order chi connectivity index (χ0) is 13.5. The van der Waals surface area contributed by atoms with Gasteiger partial charge in [0, 0.05) is 18.7 Å². The maximum absolute atomic E-state index is 11.6. The summed E-state index contributed by atoms with van der Waals surface area (Å²) >= 11 is 5.71. The molecule has 2 rings (SSSR count). The van der Waals surface area contributed by atoms with Gasteiger partial charge in [0.1, 0.15) is 6.61 Å². The highest BCUT2D eigenvalue weighted by Crippen LogP contribution is 2.19. The van der Waals surface area contributed by atoms with Crippen molar-refractivity contribution in [3.63, 3.8) is 0 Å². The Morgan fingerprint density at radius 3 is 3.11 bits per heavy atom. The molecular weight excluding hydrogens is 264 g/mol. The van der Waals surface area contributed by atoms with Crippen LogP contribution in [0.4, 0.5) is 0 Å². The third kappa shape index (κ3) is 4.91. The maximum Gasteiger partial charge on any atom is 0.220 e. The van der Waals surface area contributed by atoms with Crippen LogP contribution in [0.3, 0.4) is 0 Å². The lowest BCUT2D eigenvalue weighted by atomic mass is 10.1. The van der Waals surface area contributed by atoms with Crippen LogP contribution in [0.2, 0.25) is 5.02 Å². The van der Waals surface area contributed by atoms with E-state index in [0.717, 1.165) is 12.8 Å². The Bertz CT molecular complexity index is 445. The van der Waals surface area contributed by atoms with Crippen molar-refractivity contribution in [3.05, 3.63) is 35.5 Å². The van der Waals surface area contributed by atoms with Crippen LogP contribution in [-0.2, 0) is 4.79 Å². The Labute approximate surface area is 117 Å². The first-order chi connectivity index (χ1) is 9.24. The van der Waals surface area contributed by atoms with Gasteiger partial charge in [-0.25, -0.2) is 4.98 Å². The minimum Gasteiger partial charge on any atom is -0.476 e. The van der Waals surface area contributed by atoms with Gasteiger partial charge in [-0.3, -0.25) is 4.79 Å². The largest absolute Gasteiger partial charge is 0.476 e. The molecule has 1 aliphatic carbocycles. The second-order valence-corrected chi connectivity index (χ2v) is 4.92. The Kier molecular flexibility index (Phi) is 5.21. The molecule has 1 atom stereocenters. The lowest BCUT2D eigenvalue weighted by Crippen LogP contribution is -2.29. The second-order valence-electron chi connectivity index (χ2n) is 4.48. The molecule has 1 amide bonds. The van der Waals surface area contributed by atoms with E-state index in [0.29, 0.717) is 36.4 Å². The number of ether oxygens (including phenoxy) is 1. The summed E-state index contributed by atoms with van der Waals surface area (Å²) in [4.78, 5) is 15.6. The molecule has 1 N–H and O–H groups in total. The molecule has 0 aromatic carbocycles. The van der Waals surface area contributed by atoms with Crippen LogP contribution >= 0.6 is 11.6 Å². The topological polar surface area (TPSA) is 51.2 Å². The first-order valence-electron chi connectivity index (χ1n) is 6.42. The number of pyridine rings is 1. The highest BCUT2D eigenvalue weighted by atomic mass is 35.5. The van der Waals surface area contributed by atoms with E-state index < -0.39 is 0 Å². The maximum atomic E-state index is 11.6. The zero-order valence-electron chi connectivity index (χ0n) is 10.6. The number of carbonyl (C=O) groups is 1. The number of nitrogens with one attached hydrogen (secondary N) is 1. The number of halogens is 1. The first kappa shape index (κ1) is 13.9. The Morgan fingerprint density at radius 2 is 2.42 bits per heavy atom. The van der Waals surface area contributed by atoms with Crippen molar-refractivity contribution in [3.8, 4) is 5.88 Å². The third-order valence-corrected chi connectivity index (χ3v) is 3.16. The summed E-state index contributed by atoms with van der Waals surface area (Å²) in [5.74, 6) is 0.987. The minimum absolute atomic E-state index is 0.0733. The molecule has 1 aromatic heterocycles. The molecule has 0 saturated heterocycles. The van der Waals surface area contributed by atoms with Crippen molar-refractivity contribution in [2.75, 3.05) is 13.2 Å². The smallest absolute Gasteiger partial charge is 0.220 e. The second kappa shape index (κ2) is 7.14. The molecule has 19 heavy (non-hydrogen) atoms. The van der Waals surface area contributed by atoms with Gasteiger partial charge in [-0.1, -0.05) is 23.8 Å². The number of hydrogen-bond acceptors (Lipinski definition) is 3. The molecule has 102 valence electrons. The summed E-state index contributed by atoms with van der Waals surface area (Å²) in [5.41, 5.74) is 0. The van der Waals surface area contributed by atoms with Crippen molar-refractivity contribution in [1.82, 2.24) is 10.3 Å². The molecule has 0 spiro atoms. The van der Waals surface area contributed by atoms with Gasteiger partial charge in [-0.15, -0.1) is 0 Å². The first-order valence-corrected chi connectivity index (χ1v) is 6.79. The quantitative estimate of drug-likeness (QED) is 0.644. The van der Waals surface area contributed by atoms with Gasteiger partial charge in [0.2, 0.25) is 11.8 Å². The molecule has 4 nitrogen and oxygen atoms in total. The Morgan fingerprint density at radius 1 is 1.53 bits per heavy atom. The van der Waals surface area contributed by atoms with E-state index in [2.05, 4.69) is 22.5 Å². The molecule has 1 heterocycles. The molecule has 0 bridgehead atoms. The number of hydrogen-bond donors (Lipinski definition) is 1.